The van der Waals surface area contributed by atoms with Gasteiger partial charge in [-0.3, -0.25) is 14.4 Å². The van der Waals surface area contributed by atoms with Gasteiger partial charge in [0.05, 0.1) is 11.6 Å². The van der Waals surface area contributed by atoms with Crippen molar-refractivity contribution in [2.24, 2.45) is 10.9 Å². The lowest BCUT2D eigenvalue weighted by Gasteiger charge is -2.08. The molecule has 178 valence electrons. The normalized spacial score (nSPS) is 14.5. The number of rotatable bonds is 10. The second-order valence-electron chi connectivity index (χ2n) is 7.83. The molecule has 4 rings (SSSR count). The molecule has 1 aliphatic heterocycles. The largest absolute Gasteiger partial charge is 0.489 e. The summed E-state index contributed by atoms with van der Waals surface area (Å²) in [5.41, 5.74) is 2.81. The van der Waals surface area contributed by atoms with Crippen LogP contribution in [0, 0.1) is 5.92 Å². The number of anilines is 1. The van der Waals surface area contributed by atoms with Crippen LogP contribution >= 0.6 is 11.3 Å². The molecule has 2 N–H and O–H groups in total. The highest BCUT2D eigenvalue weighted by atomic mass is 32.1. The summed E-state index contributed by atoms with van der Waals surface area (Å²) in [6, 6.07) is 17.6. The van der Waals surface area contributed by atoms with E-state index in [1.165, 1.54) is 29.7 Å². The van der Waals surface area contributed by atoms with Gasteiger partial charge in [0.1, 0.15) is 12.4 Å². The zero-order chi connectivity index (χ0) is 24.5. The van der Waals surface area contributed by atoms with Crippen LogP contribution in [0.4, 0.5) is 5.13 Å². The summed E-state index contributed by atoms with van der Waals surface area (Å²) in [6.07, 6.45) is 4.82. The molecule has 0 saturated heterocycles. The number of aliphatic imine (C=N–C) groups is 1. The third-order valence-electron chi connectivity index (χ3n) is 5.16. The number of benzene rings is 2. The van der Waals surface area contributed by atoms with Gasteiger partial charge in [0.15, 0.2) is 5.13 Å². The number of dihydropyridines is 1. The number of hydrogen-bond donors (Lipinski definition) is 2. The zero-order valence-corrected chi connectivity index (χ0v) is 19.7. The van der Waals surface area contributed by atoms with Crippen LogP contribution in [-0.4, -0.2) is 28.9 Å². The molecule has 0 fully saturated rings. The number of thiazole rings is 1. The van der Waals surface area contributed by atoms with Gasteiger partial charge < -0.3 is 15.4 Å². The van der Waals surface area contributed by atoms with Gasteiger partial charge in [-0.1, -0.05) is 48.5 Å². The first-order valence-electron chi connectivity index (χ1n) is 11.1. The van der Waals surface area contributed by atoms with E-state index in [0.29, 0.717) is 24.7 Å². The fourth-order valence-corrected chi connectivity index (χ4v) is 3.98. The molecular weight excluding hydrogens is 464 g/mol. The van der Waals surface area contributed by atoms with Gasteiger partial charge in [-0.15, -0.1) is 11.3 Å². The molecule has 1 atom stereocenters. The molecule has 0 spiro atoms. The van der Waals surface area contributed by atoms with E-state index < -0.39 is 5.92 Å². The van der Waals surface area contributed by atoms with Crippen molar-refractivity contribution in [1.82, 2.24) is 10.3 Å². The first-order chi connectivity index (χ1) is 17.0. The minimum atomic E-state index is -0.602. The van der Waals surface area contributed by atoms with E-state index in [9.17, 15) is 14.4 Å². The van der Waals surface area contributed by atoms with Crippen molar-refractivity contribution >= 4 is 40.4 Å². The Hall–Kier alpha value is -4.11. The molecule has 0 bridgehead atoms. The van der Waals surface area contributed by atoms with Crippen LogP contribution < -0.4 is 15.4 Å². The standard InChI is InChI=1S/C26H24N4O4S/c31-23-12-8-20(15-28-23)25(33)30-26-29-21(17-35-26)9-13-24(32)27-14-18-6-10-22(11-7-18)34-16-19-4-2-1-3-5-19/h1-8,10-12,15,17,20H,9,13-14,16H2,(H,27,32)(H,29,30,33). The number of carbonyl (C=O) groups excluding carboxylic acids is 3. The predicted molar refractivity (Wildman–Crippen MR) is 134 cm³/mol. The van der Waals surface area contributed by atoms with Gasteiger partial charge in [0.2, 0.25) is 11.8 Å². The number of ether oxygens (including phenoxy) is 1. The first kappa shape index (κ1) is 24.0. The van der Waals surface area contributed by atoms with Crippen molar-refractivity contribution in [3.05, 3.63) is 89.0 Å². The maximum Gasteiger partial charge on any atom is 0.269 e. The van der Waals surface area contributed by atoms with E-state index in [1.807, 2.05) is 60.0 Å². The van der Waals surface area contributed by atoms with E-state index in [1.54, 1.807) is 0 Å². The van der Waals surface area contributed by atoms with Crippen LogP contribution in [0.3, 0.4) is 0 Å². The van der Waals surface area contributed by atoms with Crippen LogP contribution in [0.15, 0.2) is 77.1 Å². The van der Waals surface area contributed by atoms with Crippen LogP contribution in [0.2, 0.25) is 0 Å². The second-order valence-corrected chi connectivity index (χ2v) is 8.69. The molecule has 3 aromatic rings. The molecule has 2 heterocycles. The Morgan fingerprint density at radius 2 is 1.83 bits per heavy atom. The molecule has 0 aliphatic carbocycles. The highest BCUT2D eigenvalue weighted by molar-refractivity contribution is 7.13. The number of nitrogens with one attached hydrogen (secondary N) is 2. The third-order valence-corrected chi connectivity index (χ3v) is 5.97. The van der Waals surface area contributed by atoms with Gasteiger partial charge >= 0.3 is 0 Å². The average Bonchev–Trinajstić information content (AvgIpc) is 3.33. The summed E-state index contributed by atoms with van der Waals surface area (Å²) >= 11 is 1.29. The van der Waals surface area contributed by atoms with Crippen LogP contribution in [0.5, 0.6) is 5.75 Å². The van der Waals surface area contributed by atoms with E-state index in [-0.39, 0.29) is 24.1 Å². The summed E-state index contributed by atoms with van der Waals surface area (Å²) in [6.45, 7) is 0.932. The molecule has 3 amide bonds. The van der Waals surface area contributed by atoms with Crippen LogP contribution in [0.1, 0.15) is 23.2 Å². The lowest BCUT2D eigenvalue weighted by Crippen LogP contribution is -2.24. The van der Waals surface area contributed by atoms with Gasteiger partial charge in [0, 0.05) is 30.6 Å². The maximum atomic E-state index is 12.3. The van der Waals surface area contributed by atoms with E-state index in [4.69, 9.17) is 4.74 Å². The molecule has 35 heavy (non-hydrogen) atoms. The monoisotopic (exact) mass is 488 g/mol. The Morgan fingerprint density at radius 3 is 2.57 bits per heavy atom. The lowest BCUT2D eigenvalue weighted by molar-refractivity contribution is -0.121. The van der Waals surface area contributed by atoms with Crippen molar-refractivity contribution in [2.45, 2.75) is 26.0 Å². The highest BCUT2D eigenvalue weighted by Crippen LogP contribution is 2.18. The fraction of sp³-hybridized carbons (Fsp3) is 0.192. The summed E-state index contributed by atoms with van der Waals surface area (Å²) in [5, 5.41) is 7.87. The summed E-state index contributed by atoms with van der Waals surface area (Å²) in [7, 11) is 0. The SMILES string of the molecule is O=C1C=CC(C(=O)Nc2nc(CCC(=O)NCc3ccc(OCc4ccccc4)cc3)cs2)C=N1. The Labute approximate surface area is 206 Å². The van der Waals surface area contributed by atoms with Crippen LogP contribution in [0.25, 0.3) is 0 Å². The Morgan fingerprint density at radius 1 is 1.03 bits per heavy atom. The third kappa shape index (κ3) is 7.44. The molecule has 1 unspecified atom stereocenters. The number of aromatic nitrogens is 1. The number of hydrogen-bond acceptors (Lipinski definition) is 6. The number of amides is 3. The lowest BCUT2D eigenvalue weighted by atomic mass is 10.1. The van der Waals surface area contributed by atoms with Gasteiger partial charge in [-0.2, -0.15) is 0 Å². The quantitative estimate of drug-likeness (QED) is 0.452. The summed E-state index contributed by atoms with van der Waals surface area (Å²) in [5.74, 6) is -0.603. The van der Waals surface area contributed by atoms with Gasteiger partial charge in [-0.05, 0) is 29.7 Å². The molecule has 2 aromatic carbocycles. The van der Waals surface area contributed by atoms with Crippen molar-refractivity contribution < 1.29 is 19.1 Å². The number of carbonyl (C=O) groups is 3. The molecule has 0 radical (unpaired) electrons. The van der Waals surface area contributed by atoms with Crippen molar-refractivity contribution in [3.63, 3.8) is 0 Å². The molecule has 8 nitrogen and oxygen atoms in total. The van der Waals surface area contributed by atoms with Crippen molar-refractivity contribution in [3.8, 4) is 5.75 Å². The second kappa shape index (κ2) is 11.8. The average molecular weight is 489 g/mol. The van der Waals surface area contributed by atoms with E-state index in [0.717, 1.165) is 22.6 Å². The Bertz CT molecular complexity index is 1220. The molecule has 9 heteroatoms. The Balaban J connectivity index is 1.16. The van der Waals surface area contributed by atoms with Crippen molar-refractivity contribution in [2.75, 3.05) is 5.32 Å². The van der Waals surface area contributed by atoms with E-state index >= 15 is 0 Å². The number of aryl methyl sites for hydroxylation is 1. The minimum absolute atomic E-state index is 0.0822. The first-order valence-corrected chi connectivity index (χ1v) is 12.0. The summed E-state index contributed by atoms with van der Waals surface area (Å²) in [4.78, 5) is 43.5. The molecular formula is C26H24N4O4S. The maximum absolute atomic E-state index is 12.3. The van der Waals surface area contributed by atoms with Crippen LogP contribution in [-0.2, 0) is 34.0 Å². The predicted octanol–water partition coefficient (Wildman–Crippen LogP) is 3.69. The van der Waals surface area contributed by atoms with Crippen molar-refractivity contribution in [1.29, 1.82) is 0 Å². The fourth-order valence-electron chi connectivity index (χ4n) is 3.23. The number of nitrogens with zero attached hydrogens (tertiary/aromatic N) is 2. The topological polar surface area (TPSA) is 110 Å². The zero-order valence-electron chi connectivity index (χ0n) is 18.8. The van der Waals surface area contributed by atoms with E-state index in [2.05, 4.69) is 20.6 Å². The summed E-state index contributed by atoms with van der Waals surface area (Å²) < 4.78 is 5.78. The van der Waals surface area contributed by atoms with Gasteiger partial charge in [0.25, 0.3) is 5.91 Å². The highest BCUT2D eigenvalue weighted by Gasteiger charge is 2.18. The molecule has 0 saturated carbocycles. The molecule has 1 aromatic heterocycles. The Kier molecular flexibility index (Phi) is 8.13. The minimum Gasteiger partial charge on any atom is -0.489 e. The van der Waals surface area contributed by atoms with Gasteiger partial charge in [-0.25, -0.2) is 9.98 Å². The smallest absolute Gasteiger partial charge is 0.269 e. The molecule has 1 aliphatic rings.